The second-order valence-corrected chi connectivity index (χ2v) is 5.88. The predicted molar refractivity (Wildman–Crippen MR) is 60.9 cm³/mol. The molecule has 0 aromatic rings. The standard InChI is InChI=1S/C14H20O2/c15-13-8-7-11-10-4-2-1-3-9(10)5-6-12(11)14(13)16/h9-12H,1-8H2. The van der Waals surface area contributed by atoms with Gasteiger partial charge in [0.25, 0.3) is 0 Å². The summed E-state index contributed by atoms with van der Waals surface area (Å²) in [7, 11) is 0. The minimum atomic E-state index is -0.0875. The van der Waals surface area contributed by atoms with Gasteiger partial charge < -0.3 is 0 Å². The molecule has 3 aliphatic rings. The fourth-order valence-electron chi connectivity index (χ4n) is 4.43. The second-order valence-electron chi connectivity index (χ2n) is 5.88. The molecule has 3 saturated carbocycles. The van der Waals surface area contributed by atoms with E-state index in [0.717, 1.165) is 24.7 Å². The molecular formula is C14H20O2. The number of carbonyl (C=O) groups excluding carboxylic acids is 2. The van der Waals surface area contributed by atoms with Crippen molar-refractivity contribution in [2.24, 2.45) is 23.7 Å². The number of carbonyl (C=O) groups is 2. The average Bonchev–Trinajstić information content (AvgIpc) is 2.33. The van der Waals surface area contributed by atoms with Gasteiger partial charge in [-0.15, -0.1) is 0 Å². The maximum absolute atomic E-state index is 11.9. The molecule has 3 rings (SSSR count). The van der Waals surface area contributed by atoms with Crippen molar-refractivity contribution in [1.29, 1.82) is 0 Å². The Labute approximate surface area is 96.8 Å². The van der Waals surface area contributed by atoms with Crippen LogP contribution >= 0.6 is 0 Å². The SMILES string of the molecule is O=C1CCC2C(CCC3CCCCC32)C1=O. The van der Waals surface area contributed by atoms with Crippen LogP contribution in [-0.4, -0.2) is 11.6 Å². The second kappa shape index (κ2) is 3.97. The first kappa shape index (κ1) is 10.5. The molecule has 0 N–H and O–H groups in total. The molecule has 0 radical (unpaired) electrons. The van der Waals surface area contributed by atoms with Crippen LogP contribution in [0.25, 0.3) is 0 Å². The molecule has 0 saturated heterocycles. The summed E-state index contributed by atoms with van der Waals surface area (Å²) in [6, 6.07) is 0. The summed E-state index contributed by atoms with van der Waals surface area (Å²) < 4.78 is 0. The molecule has 2 heteroatoms. The van der Waals surface area contributed by atoms with Gasteiger partial charge in [-0.25, -0.2) is 0 Å². The zero-order valence-electron chi connectivity index (χ0n) is 9.78. The number of hydrogen-bond acceptors (Lipinski definition) is 2. The van der Waals surface area contributed by atoms with Crippen LogP contribution in [0.2, 0.25) is 0 Å². The Morgan fingerprint density at radius 1 is 0.812 bits per heavy atom. The Hall–Kier alpha value is -0.660. The Morgan fingerprint density at radius 2 is 1.62 bits per heavy atom. The molecule has 0 aromatic carbocycles. The van der Waals surface area contributed by atoms with Gasteiger partial charge in [0, 0.05) is 12.3 Å². The van der Waals surface area contributed by atoms with E-state index in [4.69, 9.17) is 0 Å². The summed E-state index contributed by atoms with van der Waals surface area (Å²) in [5.74, 6) is 2.20. The number of hydrogen-bond donors (Lipinski definition) is 0. The van der Waals surface area contributed by atoms with Gasteiger partial charge in [0.15, 0.2) is 5.78 Å². The maximum atomic E-state index is 11.9. The number of ketones is 2. The van der Waals surface area contributed by atoms with Crippen molar-refractivity contribution in [3.63, 3.8) is 0 Å². The highest BCUT2D eigenvalue weighted by Gasteiger charge is 2.46. The van der Waals surface area contributed by atoms with Crippen molar-refractivity contribution in [1.82, 2.24) is 0 Å². The van der Waals surface area contributed by atoms with Crippen molar-refractivity contribution >= 4 is 11.6 Å². The lowest BCUT2D eigenvalue weighted by Crippen LogP contribution is -2.45. The number of Topliss-reactive ketones (excluding diaryl/α,β-unsaturated/α-hetero) is 2. The van der Waals surface area contributed by atoms with Gasteiger partial charge in [0.1, 0.15) is 0 Å². The van der Waals surface area contributed by atoms with Gasteiger partial charge in [0.05, 0.1) is 0 Å². The fourth-order valence-corrected chi connectivity index (χ4v) is 4.43. The van der Waals surface area contributed by atoms with Crippen LogP contribution in [0, 0.1) is 23.7 Å². The molecule has 16 heavy (non-hydrogen) atoms. The molecular weight excluding hydrogens is 200 g/mol. The van der Waals surface area contributed by atoms with Crippen LogP contribution in [0.15, 0.2) is 0 Å². The van der Waals surface area contributed by atoms with E-state index < -0.39 is 0 Å². The van der Waals surface area contributed by atoms with E-state index in [0.29, 0.717) is 12.3 Å². The van der Waals surface area contributed by atoms with Crippen molar-refractivity contribution < 1.29 is 9.59 Å². The first-order valence-electron chi connectivity index (χ1n) is 6.84. The summed E-state index contributed by atoms with van der Waals surface area (Å²) in [5, 5.41) is 0. The van der Waals surface area contributed by atoms with Crippen LogP contribution in [-0.2, 0) is 9.59 Å². The lowest BCUT2D eigenvalue weighted by Gasteiger charge is -2.46. The summed E-state index contributed by atoms with van der Waals surface area (Å²) >= 11 is 0. The fraction of sp³-hybridized carbons (Fsp3) is 0.857. The van der Waals surface area contributed by atoms with Gasteiger partial charge in [-0.3, -0.25) is 9.59 Å². The zero-order valence-corrected chi connectivity index (χ0v) is 9.78. The number of rotatable bonds is 0. The van der Waals surface area contributed by atoms with Crippen LogP contribution in [0.5, 0.6) is 0 Å². The smallest absolute Gasteiger partial charge is 0.201 e. The first-order valence-corrected chi connectivity index (χ1v) is 6.84. The molecule has 0 aromatic heterocycles. The third-order valence-corrected chi connectivity index (χ3v) is 5.20. The van der Waals surface area contributed by atoms with E-state index in [1.54, 1.807) is 0 Å². The van der Waals surface area contributed by atoms with Crippen molar-refractivity contribution in [3.05, 3.63) is 0 Å². The van der Waals surface area contributed by atoms with Gasteiger partial charge in [-0.05, 0) is 43.4 Å². The van der Waals surface area contributed by atoms with E-state index in [2.05, 4.69) is 0 Å². The lowest BCUT2D eigenvalue weighted by atomic mass is 9.57. The average molecular weight is 220 g/mol. The highest BCUT2D eigenvalue weighted by molar-refractivity contribution is 6.38. The van der Waals surface area contributed by atoms with Gasteiger partial charge >= 0.3 is 0 Å². The summed E-state index contributed by atoms with van der Waals surface area (Å²) in [5.41, 5.74) is 0. The quantitative estimate of drug-likeness (QED) is 0.588. The van der Waals surface area contributed by atoms with E-state index in [9.17, 15) is 9.59 Å². The Kier molecular flexibility index (Phi) is 2.61. The maximum Gasteiger partial charge on any atom is 0.201 e. The van der Waals surface area contributed by atoms with Gasteiger partial charge in [-0.2, -0.15) is 0 Å². The third-order valence-electron chi connectivity index (χ3n) is 5.20. The summed E-state index contributed by atoms with van der Waals surface area (Å²) in [6.07, 6.45) is 9.13. The van der Waals surface area contributed by atoms with Crippen molar-refractivity contribution in [2.75, 3.05) is 0 Å². The summed E-state index contributed by atoms with van der Waals surface area (Å²) in [6.45, 7) is 0. The van der Waals surface area contributed by atoms with E-state index in [1.165, 1.54) is 32.1 Å². The molecule has 0 bridgehead atoms. The molecule has 3 fully saturated rings. The highest BCUT2D eigenvalue weighted by Crippen LogP contribution is 2.49. The minimum absolute atomic E-state index is 0.0275. The Bertz CT molecular complexity index is 321. The topological polar surface area (TPSA) is 34.1 Å². The largest absolute Gasteiger partial charge is 0.291 e. The lowest BCUT2D eigenvalue weighted by molar-refractivity contribution is -0.146. The molecule has 88 valence electrons. The van der Waals surface area contributed by atoms with Crippen LogP contribution in [0.1, 0.15) is 51.4 Å². The molecule has 0 spiro atoms. The van der Waals surface area contributed by atoms with Crippen LogP contribution in [0.4, 0.5) is 0 Å². The van der Waals surface area contributed by atoms with Crippen molar-refractivity contribution in [3.8, 4) is 0 Å². The molecule has 4 unspecified atom stereocenters. The molecule has 0 aliphatic heterocycles. The van der Waals surface area contributed by atoms with Gasteiger partial charge in [0.2, 0.25) is 5.78 Å². The van der Waals surface area contributed by atoms with Crippen LogP contribution < -0.4 is 0 Å². The first-order chi connectivity index (χ1) is 7.77. The molecule has 4 atom stereocenters. The van der Waals surface area contributed by atoms with E-state index >= 15 is 0 Å². The third kappa shape index (κ3) is 1.54. The molecule has 0 amide bonds. The molecule has 3 aliphatic carbocycles. The zero-order chi connectivity index (χ0) is 11.1. The minimum Gasteiger partial charge on any atom is -0.291 e. The number of fused-ring (bicyclic) bond motifs is 3. The van der Waals surface area contributed by atoms with Crippen molar-refractivity contribution in [2.45, 2.75) is 51.4 Å². The normalized spacial score (nSPS) is 43.8. The highest BCUT2D eigenvalue weighted by atomic mass is 16.2. The summed E-state index contributed by atoms with van der Waals surface area (Å²) in [4.78, 5) is 23.3. The van der Waals surface area contributed by atoms with E-state index in [-0.39, 0.29) is 17.5 Å². The van der Waals surface area contributed by atoms with Gasteiger partial charge in [-0.1, -0.05) is 19.3 Å². The van der Waals surface area contributed by atoms with E-state index in [1.807, 2.05) is 0 Å². The predicted octanol–water partition coefficient (Wildman–Crippen LogP) is 2.75. The molecule has 0 heterocycles. The Balaban J connectivity index is 1.82. The molecule has 2 nitrogen and oxygen atoms in total. The Morgan fingerprint density at radius 3 is 2.50 bits per heavy atom. The van der Waals surface area contributed by atoms with Crippen LogP contribution in [0.3, 0.4) is 0 Å². The monoisotopic (exact) mass is 220 g/mol.